The number of carbonyl (C=O) groups is 2. The number of hydrogen-bond acceptors (Lipinski definition) is 4. The maximum atomic E-state index is 13.0. The number of piperidine rings is 1. The molecule has 34 heavy (non-hydrogen) atoms. The number of nitrogens with zero attached hydrogens (tertiary/aromatic N) is 1. The summed E-state index contributed by atoms with van der Waals surface area (Å²) in [6.45, 7) is 4.97. The van der Waals surface area contributed by atoms with Crippen molar-refractivity contribution in [1.29, 1.82) is 0 Å². The molecule has 8 heteroatoms. The second-order valence-corrected chi connectivity index (χ2v) is 10.6. The highest BCUT2D eigenvalue weighted by molar-refractivity contribution is 7.92. The van der Waals surface area contributed by atoms with Gasteiger partial charge in [0.2, 0.25) is 5.91 Å². The minimum atomic E-state index is -3.72. The van der Waals surface area contributed by atoms with Gasteiger partial charge in [-0.3, -0.25) is 14.3 Å². The quantitative estimate of drug-likeness (QED) is 0.592. The summed E-state index contributed by atoms with van der Waals surface area (Å²) in [4.78, 5) is 27.2. The Hall–Kier alpha value is -3.13. The molecule has 0 spiro atoms. The molecule has 2 aromatic carbocycles. The molecule has 1 aliphatic heterocycles. The minimum Gasteiger partial charge on any atom is -0.352 e. The van der Waals surface area contributed by atoms with E-state index in [1.165, 1.54) is 5.56 Å². The van der Waals surface area contributed by atoms with Gasteiger partial charge in [0, 0.05) is 30.9 Å². The van der Waals surface area contributed by atoms with Crippen LogP contribution in [-0.4, -0.2) is 44.8 Å². The van der Waals surface area contributed by atoms with Gasteiger partial charge in [-0.15, -0.1) is 6.58 Å². The van der Waals surface area contributed by atoms with Crippen molar-refractivity contribution in [3.8, 4) is 0 Å². The van der Waals surface area contributed by atoms with Crippen molar-refractivity contribution in [2.45, 2.75) is 43.4 Å². The maximum absolute atomic E-state index is 13.0. The Bertz CT molecular complexity index is 1180. The zero-order chi connectivity index (χ0) is 24.1. The fourth-order valence-electron chi connectivity index (χ4n) is 4.65. The molecule has 1 unspecified atom stereocenters. The number of hydrogen-bond donors (Lipinski definition) is 2. The van der Waals surface area contributed by atoms with Crippen LogP contribution in [0.5, 0.6) is 0 Å². The molecule has 2 N–H and O–H groups in total. The van der Waals surface area contributed by atoms with Crippen LogP contribution in [0.1, 0.15) is 47.2 Å². The smallest absolute Gasteiger partial charge is 0.261 e. The molecular weight excluding hydrogens is 450 g/mol. The molecule has 7 nitrogen and oxygen atoms in total. The van der Waals surface area contributed by atoms with Crippen molar-refractivity contribution in [2.24, 2.45) is 5.92 Å². The summed E-state index contributed by atoms with van der Waals surface area (Å²) in [5.41, 5.74) is 3.19. The van der Waals surface area contributed by atoms with Gasteiger partial charge in [-0.05, 0) is 86.1 Å². The third-order valence-corrected chi connectivity index (χ3v) is 7.89. The van der Waals surface area contributed by atoms with Crippen LogP contribution >= 0.6 is 0 Å². The SMILES string of the molecule is C=CCNC(=O)C1CCCN(C(=O)c2ccc(NS(=O)(=O)c3ccc4c(c3)CCCC4)cc2)C1. The second kappa shape index (κ2) is 10.4. The predicted octanol–water partition coefficient (Wildman–Crippen LogP) is 3.52. The highest BCUT2D eigenvalue weighted by Crippen LogP contribution is 2.26. The second-order valence-electron chi connectivity index (χ2n) is 8.94. The van der Waals surface area contributed by atoms with Gasteiger partial charge in [-0.2, -0.15) is 0 Å². The number of likely N-dealkylation sites (tertiary alicyclic amines) is 1. The van der Waals surface area contributed by atoms with Crippen molar-refractivity contribution in [3.63, 3.8) is 0 Å². The Balaban J connectivity index is 1.41. The van der Waals surface area contributed by atoms with Crippen molar-refractivity contribution in [1.82, 2.24) is 10.2 Å². The number of sulfonamides is 1. The summed E-state index contributed by atoms with van der Waals surface area (Å²) in [6.07, 6.45) is 7.26. The van der Waals surface area contributed by atoms with Crippen LogP contribution in [0.2, 0.25) is 0 Å². The monoisotopic (exact) mass is 481 g/mol. The standard InChI is InChI=1S/C26H31N3O4S/c1-2-15-27-25(30)22-8-5-16-29(18-22)26(31)20-9-12-23(13-10-20)28-34(32,33)24-14-11-19-6-3-4-7-21(19)17-24/h2,9-14,17,22,28H,1,3-8,15-16,18H2,(H,27,30). The van der Waals surface area contributed by atoms with Gasteiger partial charge in [-0.1, -0.05) is 12.1 Å². The molecule has 0 saturated carbocycles. The molecule has 180 valence electrons. The first kappa shape index (κ1) is 24.0. The summed E-state index contributed by atoms with van der Waals surface area (Å²) in [6, 6.07) is 11.8. The molecule has 0 aromatic heterocycles. The molecular formula is C26H31N3O4S. The largest absolute Gasteiger partial charge is 0.352 e. The van der Waals surface area contributed by atoms with E-state index in [0.717, 1.165) is 44.1 Å². The fraction of sp³-hybridized carbons (Fsp3) is 0.385. The van der Waals surface area contributed by atoms with Crippen LogP contribution in [-0.2, 0) is 27.7 Å². The molecule has 1 fully saturated rings. The number of aryl methyl sites for hydroxylation is 2. The van der Waals surface area contributed by atoms with E-state index in [1.54, 1.807) is 47.4 Å². The maximum Gasteiger partial charge on any atom is 0.261 e. The molecule has 1 atom stereocenters. The van der Waals surface area contributed by atoms with Gasteiger partial charge in [0.25, 0.3) is 15.9 Å². The third-order valence-electron chi connectivity index (χ3n) is 6.51. The van der Waals surface area contributed by atoms with E-state index in [-0.39, 0.29) is 22.6 Å². The first-order valence-electron chi connectivity index (χ1n) is 11.8. The third kappa shape index (κ3) is 5.50. The Kier molecular flexibility index (Phi) is 7.36. The molecule has 2 aromatic rings. The number of amides is 2. The fourth-order valence-corrected chi connectivity index (χ4v) is 5.76. The summed E-state index contributed by atoms with van der Waals surface area (Å²) < 4.78 is 28.4. The van der Waals surface area contributed by atoms with E-state index in [0.29, 0.717) is 30.9 Å². The van der Waals surface area contributed by atoms with Crippen molar-refractivity contribution >= 4 is 27.5 Å². The Morgan fingerprint density at radius 1 is 1.03 bits per heavy atom. The zero-order valence-electron chi connectivity index (χ0n) is 19.3. The number of fused-ring (bicyclic) bond motifs is 1. The lowest BCUT2D eigenvalue weighted by molar-refractivity contribution is -0.126. The number of benzene rings is 2. The van der Waals surface area contributed by atoms with Crippen LogP contribution in [0.25, 0.3) is 0 Å². The van der Waals surface area contributed by atoms with Crippen LogP contribution in [0.15, 0.2) is 60.0 Å². The molecule has 4 rings (SSSR count). The summed E-state index contributed by atoms with van der Waals surface area (Å²) in [5, 5.41) is 2.80. The lowest BCUT2D eigenvalue weighted by atomic mass is 9.92. The molecule has 1 aliphatic carbocycles. The van der Waals surface area contributed by atoms with Crippen LogP contribution in [0.3, 0.4) is 0 Å². The van der Waals surface area contributed by atoms with E-state index in [9.17, 15) is 18.0 Å². The van der Waals surface area contributed by atoms with Crippen molar-refractivity contribution in [2.75, 3.05) is 24.4 Å². The first-order chi connectivity index (χ1) is 16.4. The molecule has 1 heterocycles. The minimum absolute atomic E-state index is 0.0654. The van der Waals surface area contributed by atoms with Crippen LogP contribution < -0.4 is 10.0 Å². The summed E-state index contributed by atoms with van der Waals surface area (Å²) >= 11 is 0. The van der Waals surface area contributed by atoms with Crippen molar-refractivity contribution in [3.05, 3.63) is 71.8 Å². The van der Waals surface area contributed by atoms with Gasteiger partial charge in [0.1, 0.15) is 0 Å². The van der Waals surface area contributed by atoms with Crippen LogP contribution in [0, 0.1) is 5.92 Å². The molecule has 0 radical (unpaired) electrons. The number of nitrogens with one attached hydrogen (secondary N) is 2. The lowest BCUT2D eigenvalue weighted by Gasteiger charge is -2.32. The topological polar surface area (TPSA) is 95.6 Å². The molecule has 1 saturated heterocycles. The van der Waals surface area contributed by atoms with Gasteiger partial charge < -0.3 is 10.2 Å². The highest BCUT2D eigenvalue weighted by Gasteiger charge is 2.28. The first-order valence-corrected chi connectivity index (χ1v) is 13.3. The average molecular weight is 482 g/mol. The van der Waals surface area contributed by atoms with E-state index < -0.39 is 10.0 Å². The van der Waals surface area contributed by atoms with E-state index >= 15 is 0 Å². The Labute approximate surface area is 201 Å². The van der Waals surface area contributed by atoms with Crippen molar-refractivity contribution < 1.29 is 18.0 Å². The summed E-state index contributed by atoms with van der Waals surface area (Å²) in [7, 11) is -3.72. The lowest BCUT2D eigenvalue weighted by Crippen LogP contribution is -2.45. The predicted molar refractivity (Wildman–Crippen MR) is 132 cm³/mol. The van der Waals surface area contributed by atoms with E-state index in [1.807, 2.05) is 6.07 Å². The Morgan fingerprint density at radius 3 is 2.50 bits per heavy atom. The van der Waals surface area contributed by atoms with Gasteiger partial charge in [0.15, 0.2) is 0 Å². The van der Waals surface area contributed by atoms with Crippen LogP contribution in [0.4, 0.5) is 5.69 Å². The van der Waals surface area contributed by atoms with Gasteiger partial charge in [-0.25, -0.2) is 8.42 Å². The highest BCUT2D eigenvalue weighted by atomic mass is 32.2. The van der Waals surface area contributed by atoms with E-state index in [2.05, 4.69) is 16.6 Å². The summed E-state index contributed by atoms with van der Waals surface area (Å²) in [5.74, 6) is -0.463. The molecule has 0 bridgehead atoms. The van der Waals surface area contributed by atoms with Gasteiger partial charge >= 0.3 is 0 Å². The molecule has 2 amide bonds. The van der Waals surface area contributed by atoms with E-state index in [4.69, 9.17) is 0 Å². The zero-order valence-corrected chi connectivity index (χ0v) is 20.1. The number of carbonyl (C=O) groups excluding carboxylic acids is 2. The normalized spacial score (nSPS) is 18.0. The average Bonchev–Trinajstić information content (AvgIpc) is 2.87. The molecule has 2 aliphatic rings. The van der Waals surface area contributed by atoms with Gasteiger partial charge in [0.05, 0.1) is 10.8 Å². The number of anilines is 1. The Morgan fingerprint density at radius 2 is 1.76 bits per heavy atom. The number of rotatable bonds is 7.